The standard InChI is InChI=1S/C15H14Cl2O4S/c1-10-2-5-12(6-3-10)22(19,20)21-9-15(18)11-4-7-13(16)14(17)8-11/h2-8,15,18H,9H2,1H3. The fourth-order valence-electron chi connectivity index (χ4n) is 1.74. The number of aliphatic hydroxyl groups is 1. The summed E-state index contributed by atoms with van der Waals surface area (Å²) in [5.41, 5.74) is 1.36. The van der Waals surface area contributed by atoms with E-state index in [1.54, 1.807) is 18.2 Å². The third kappa shape index (κ3) is 4.21. The average Bonchev–Trinajstić information content (AvgIpc) is 2.48. The molecule has 2 rings (SSSR count). The van der Waals surface area contributed by atoms with Gasteiger partial charge in [0.1, 0.15) is 6.10 Å². The topological polar surface area (TPSA) is 63.6 Å². The Morgan fingerprint density at radius 2 is 1.73 bits per heavy atom. The largest absolute Gasteiger partial charge is 0.386 e. The van der Waals surface area contributed by atoms with Gasteiger partial charge in [0.05, 0.1) is 21.5 Å². The third-order valence-corrected chi connectivity index (χ3v) is 5.05. The Morgan fingerprint density at radius 1 is 1.09 bits per heavy atom. The summed E-state index contributed by atoms with van der Waals surface area (Å²) in [4.78, 5) is 0.0411. The third-order valence-electron chi connectivity index (χ3n) is 3.02. The van der Waals surface area contributed by atoms with Gasteiger partial charge in [0.15, 0.2) is 0 Å². The molecule has 1 unspecified atom stereocenters. The molecule has 0 aliphatic carbocycles. The molecule has 2 aromatic rings. The SMILES string of the molecule is Cc1ccc(S(=O)(=O)OCC(O)c2ccc(Cl)c(Cl)c2)cc1. The van der Waals surface area contributed by atoms with Crippen LogP contribution in [0.1, 0.15) is 17.2 Å². The molecular formula is C15H14Cl2O4S. The molecule has 2 aromatic carbocycles. The van der Waals surface area contributed by atoms with Gasteiger partial charge in [0.25, 0.3) is 10.1 Å². The molecule has 0 bridgehead atoms. The van der Waals surface area contributed by atoms with E-state index in [9.17, 15) is 13.5 Å². The van der Waals surface area contributed by atoms with Crippen LogP contribution in [-0.4, -0.2) is 20.1 Å². The van der Waals surface area contributed by atoms with E-state index in [0.717, 1.165) is 5.56 Å². The summed E-state index contributed by atoms with van der Waals surface area (Å²) >= 11 is 11.6. The van der Waals surface area contributed by atoms with E-state index in [-0.39, 0.29) is 9.92 Å². The maximum absolute atomic E-state index is 12.0. The van der Waals surface area contributed by atoms with Gasteiger partial charge in [-0.05, 0) is 36.8 Å². The maximum atomic E-state index is 12.0. The number of halogens is 2. The minimum Gasteiger partial charge on any atom is -0.386 e. The first-order valence-corrected chi connectivity index (χ1v) is 8.55. The number of hydrogen-bond acceptors (Lipinski definition) is 4. The smallest absolute Gasteiger partial charge is 0.297 e. The van der Waals surface area contributed by atoms with Crippen LogP contribution in [0.2, 0.25) is 10.0 Å². The maximum Gasteiger partial charge on any atom is 0.297 e. The van der Waals surface area contributed by atoms with Gasteiger partial charge in [0.2, 0.25) is 0 Å². The molecule has 4 nitrogen and oxygen atoms in total. The van der Waals surface area contributed by atoms with Crippen molar-refractivity contribution >= 4 is 33.3 Å². The Balaban J connectivity index is 2.07. The van der Waals surface area contributed by atoms with Crippen molar-refractivity contribution in [2.24, 2.45) is 0 Å². The van der Waals surface area contributed by atoms with Crippen LogP contribution in [0.15, 0.2) is 47.4 Å². The highest BCUT2D eigenvalue weighted by atomic mass is 35.5. The molecule has 0 amide bonds. The lowest BCUT2D eigenvalue weighted by molar-refractivity contribution is 0.111. The first-order chi connectivity index (χ1) is 10.3. The van der Waals surface area contributed by atoms with Gasteiger partial charge in [-0.25, -0.2) is 0 Å². The van der Waals surface area contributed by atoms with Gasteiger partial charge in [0, 0.05) is 0 Å². The van der Waals surface area contributed by atoms with Gasteiger partial charge < -0.3 is 5.11 Å². The second-order valence-corrected chi connectivity index (χ2v) is 7.17. The molecule has 0 heterocycles. The quantitative estimate of drug-likeness (QED) is 0.824. The zero-order chi connectivity index (χ0) is 16.3. The van der Waals surface area contributed by atoms with E-state index in [4.69, 9.17) is 27.4 Å². The predicted molar refractivity (Wildman–Crippen MR) is 85.7 cm³/mol. The minimum atomic E-state index is -3.92. The minimum absolute atomic E-state index is 0.0411. The summed E-state index contributed by atoms with van der Waals surface area (Å²) in [6, 6.07) is 10.8. The van der Waals surface area contributed by atoms with Crippen LogP contribution in [0, 0.1) is 6.92 Å². The number of hydrogen-bond donors (Lipinski definition) is 1. The lowest BCUT2D eigenvalue weighted by Crippen LogP contribution is -2.13. The van der Waals surface area contributed by atoms with Crippen molar-refractivity contribution in [1.29, 1.82) is 0 Å². The summed E-state index contributed by atoms with van der Waals surface area (Å²) in [5, 5.41) is 10.6. The molecule has 0 saturated carbocycles. The van der Waals surface area contributed by atoms with E-state index < -0.39 is 22.8 Å². The molecule has 22 heavy (non-hydrogen) atoms. The molecule has 0 spiro atoms. The number of aliphatic hydroxyl groups excluding tert-OH is 1. The van der Waals surface area contributed by atoms with E-state index in [1.165, 1.54) is 24.3 Å². The van der Waals surface area contributed by atoms with Crippen LogP contribution in [0.25, 0.3) is 0 Å². The number of rotatable bonds is 5. The molecule has 0 aromatic heterocycles. The van der Waals surface area contributed by atoms with Crippen molar-refractivity contribution in [3.8, 4) is 0 Å². The Bertz CT molecular complexity index is 758. The lowest BCUT2D eigenvalue weighted by atomic mass is 10.1. The fraction of sp³-hybridized carbons (Fsp3) is 0.200. The highest BCUT2D eigenvalue weighted by Crippen LogP contribution is 2.26. The average molecular weight is 361 g/mol. The molecular weight excluding hydrogens is 347 g/mol. The molecule has 118 valence electrons. The molecule has 1 N–H and O–H groups in total. The first kappa shape index (κ1) is 17.2. The molecule has 0 aliphatic heterocycles. The lowest BCUT2D eigenvalue weighted by Gasteiger charge is -2.12. The van der Waals surface area contributed by atoms with E-state index >= 15 is 0 Å². The number of benzene rings is 2. The van der Waals surface area contributed by atoms with Gasteiger partial charge in [-0.1, -0.05) is 47.0 Å². The van der Waals surface area contributed by atoms with Crippen LogP contribution in [0.5, 0.6) is 0 Å². The summed E-state index contributed by atoms with van der Waals surface area (Å²) in [6.45, 7) is 1.44. The summed E-state index contributed by atoms with van der Waals surface area (Å²) in [6.07, 6.45) is -1.13. The Morgan fingerprint density at radius 3 is 2.32 bits per heavy atom. The van der Waals surface area contributed by atoms with Gasteiger partial charge in [-0.15, -0.1) is 0 Å². The molecule has 1 atom stereocenters. The summed E-state index contributed by atoms with van der Waals surface area (Å²) in [7, 11) is -3.92. The van der Waals surface area contributed by atoms with Gasteiger partial charge >= 0.3 is 0 Å². The van der Waals surface area contributed by atoms with Crippen molar-refractivity contribution in [1.82, 2.24) is 0 Å². The van der Waals surface area contributed by atoms with Crippen molar-refractivity contribution in [3.05, 3.63) is 63.6 Å². The van der Waals surface area contributed by atoms with Crippen LogP contribution in [0.3, 0.4) is 0 Å². The van der Waals surface area contributed by atoms with Crippen molar-refractivity contribution < 1.29 is 17.7 Å². The highest BCUT2D eigenvalue weighted by molar-refractivity contribution is 7.86. The monoisotopic (exact) mass is 360 g/mol. The van der Waals surface area contributed by atoms with Crippen LogP contribution < -0.4 is 0 Å². The van der Waals surface area contributed by atoms with E-state index in [2.05, 4.69) is 0 Å². The van der Waals surface area contributed by atoms with Gasteiger partial charge in [-0.2, -0.15) is 8.42 Å². The van der Waals surface area contributed by atoms with Crippen LogP contribution >= 0.6 is 23.2 Å². The fourth-order valence-corrected chi connectivity index (χ4v) is 2.96. The van der Waals surface area contributed by atoms with Crippen molar-refractivity contribution in [3.63, 3.8) is 0 Å². The van der Waals surface area contributed by atoms with Crippen LogP contribution in [-0.2, 0) is 14.3 Å². The van der Waals surface area contributed by atoms with Crippen molar-refractivity contribution in [2.45, 2.75) is 17.9 Å². The predicted octanol–water partition coefficient (Wildman–Crippen LogP) is 3.74. The normalized spacial score (nSPS) is 13.1. The molecule has 0 radical (unpaired) electrons. The zero-order valence-electron chi connectivity index (χ0n) is 11.7. The molecule has 0 fully saturated rings. The Kier molecular flexibility index (Phi) is 5.47. The second kappa shape index (κ2) is 6.98. The van der Waals surface area contributed by atoms with Gasteiger partial charge in [-0.3, -0.25) is 4.18 Å². The highest BCUT2D eigenvalue weighted by Gasteiger charge is 2.18. The first-order valence-electron chi connectivity index (χ1n) is 6.39. The molecule has 0 aliphatic rings. The molecule has 7 heteroatoms. The van der Waals surface area contributed by atoms with Crippen molar-refractivity contribution in [2.75, 3.05) is 6.61 Å². The number of aryl methyl sites for hydroxylation is 1. The Labute approximate surface area is 139 Å². The zero-order valence-corrected chi connectivity index (χ0v) is 14.0. The van der Waals surface area contributed by atoms with E-state index in [1.807, 2.05) is 6.92 Å². The van der Waals surface area contributed by atoms with E-state index in [0.29, 0.717) is 10.6 Å². The summed E-state index contributed by atoms with van der Waals surface area (Å²) in [5.74, 6) is 0. The second-order valence-electron chi connectivity index (χ2n) is 4.74. The Hall–Kier alpha value is -1.11. The summed E-state index contributed by atoms with van der Waals surface area (Å²) < 4.78 is 28.9. The van der Waals surface area contributed by atoms with Crippen LogP contribution in [0.4, 0.5) is 0 Å². The molecule has 0 saturated heterocycles.